The smallest absolute Gasteiger partial charge is 0.229 e. The molecule has 0 spiro atoms. The summed E-state index contributed by atoms with van der Waals surface area (Å²) in [6.07, 6.45) is 3.79. The lowest BCUT2D eigenvalue weighted by molar-refractivity contribution is -0.122. The van der Waals surface area contributed by atoms with Crippen LogP contribution in [0.25, 0.3) is 0 Å². The van der Waals surface area contributed by atoms with Gasteiger partial charge in [0, 0.05) is 24.5 Å². The number of hydrogen-bond acceptors (Lipinski definition) is 3. The molecule has 1 aliphatic rings. The van der Waals surface area contributed by atoms with Crippen molar-refractivity contribution in [2.24, 2.45) is 0 Å². The van der Waals surface area contributed by atoms with Crippen molar-refractivity contribution < 1.29 is 9.53 Å². The summed E-state index contributed by atoms with van der Waals surface area (Å²) in [5.41, 5.74) is 7.32. The minimum Gasteiger partial charge on any atom is -0.399 e. The molecule has 1 aromatic carbocycles. The van der Waals surface area contributed by atoms with Gasteiger partial charge in [-0.15, -0.1) is 0 Å². The number of carbonyl (C=O) groups is 1. The van der Waals surface area contributed by atoms with Crippen molar-refractivity contribution in [3.05, 3.63) is 24.3 Å². The minimum atomic E-state index is 0.0800. The fraction of sp³-hybridized carbons (Fsp3) is 0.533. The Kier molecular flexibility index (Phi) is 4.80. The van der Waals surface area contributed by atoms with Crippen LogP contribution >= 0.6 is 0 Å². The number of ether oxygens (including phenoxy) is 1. The van der Waals surface area contributed by atoms with Gasteiger partial charge in [0.2, 0.25) is 5.91 Å². The van der Waals surface area contributed by atoms with E-state index in [9.17, 15) is 4.79 Å². The Morgan fingerprint density at radius 2 is 2.32 bits per heavy atom. The second-order valence-electron chi connectivity index (χ2n) is 4.93. The highest BCUT2D eigenvalue weighted by Gasteiger charge is 2.21. The first-order chi connectivity index (χ1) is 9.20. The number of benzene rings is 1. The zero-order valence-electron chi connectivity index (χ0n) is 11.5. The van der Waals surface area contributed by atoms with E-state index in [-0.39, 0.29) is 12.0 Å². The molecule has 1 aliphatic heterocycles. The van der Waals surface area contributed by atoms with E-state index in [0.29, 0.717) is 18.7 Å². The number of anilines is 2. The van der Waals surface area contributed by atoms with Crippen LogP contribution in [0.2, 0.25) is 0 Å². The van der Waals surface area contributed by atoms with Crippen molar-refractivity contribution >= 4 is 17.3 Å². The van der Waals surface area contributed by atoms with Gasteiger partial charge >= 0.3 is 0 Å². The van der Waals surface area contributed by atoms with Crippen LogP contribution in [0.4, 0.5) is 11.4 Å². The Hall–Kier alpha value is -1.55. The van der Waals surface area contributed by atoms with Gasteiger partial charge in [-0.3, -0.25) is 4.79 Å². The van der Waals surface area contributed by atoms with Crippen LogP contribution in [0.5, 0.6) is 0 Å². The third kappa shape index (κ3) is 3.70. The van der Waals surface area contributed by atoms with Gasteiger partial charge in [0.1, 0.15) is 0 Å². The quantitative estimate of drug-likeness (QED) is 0.848. The molecule has 1 amide bonds. The maximum absolute atomic E-state index is 12.4. The fourth-order valence-corrected chi connectivity index (χ4v) is 2.47. The first-order valence-electron chi connectivity index (χ1n) is 6.98. The predicted molar refractivity (Wildman–Crippen MR) is 77.1 cm³/mol. The SMILES string of the molecule is CCN(C(=O)CC1CCCCO1)c1cccc(N)c1. The molecule has 1 aromatic rings. The van der Waals surface area contributed by atoms with Crippen LogP contribution in [0.3, 0.4) is 0 Å². The van der Waals surface area contributed by atoms with E-state index in [0.717, 1.165) is 31.6 Å². The molecule has 104 valence electrons. The number of hydrogen-bond donors (Lipinski definition) is 1. The molecular formula is C15H22N2O2. The van der Waals surface area contributed by atoms with Crippen LogP contribution in [0.15, 0.2) is 24.3 Å². The zero-order valence-corrected chi connectivity index (χ0v) is 11.5. The van der Waals surface area contributed by atoms with Crippen molar-refractivity contribution in [1.29, 1.82) is 0 Å². The van der Waals surface area contributed by atoms with Crippen molar-refractivity contribution in [3.63, 3.8) is 0 Å². The predicted octanol–water partition coefficient (Wildman–Crippen LogP) is 2.58. The van der Waals surface area contributed by atoms with Crippen molar-refractivity contribution in [2.75, 3.05) is 23.8 Å². The Morgan fingerprint density at radius 1 is 1.47 bits per heavy atom. The lowest BCUT2D eigenvalue weighted by Gasteiger charge is -2.26. The van der Waals surface area contributed by atoms with Gasteiger partial charge in [-0.2, -0.15) is 0 Å². The minimum absolute atomic E-state index is 0.0800. The van der Waals surface area contributed by atoms with Crippen LogP contribution < -0.4 is 10.6 Å². The summed E-state index contributed by atoms with van der Waals surface area (Å²) >= 11 is 0. The molecule has 1 atom stereocenters. The molecule has 1 heterocycles. The van der Waals surface area contributed by atoms with Gasteiger partial charge in [0.25, 0.3) is 0 Å². The van der Waals surface area contributed by atoms with Gasteiger partial charge < -0.3 is 15.4 Å². The summed E-state index contributed by atoms with van der Waals surface area (Å²) in [4.78, 5) is 14.1. The molecule has 0 aliphatic carbocycles. The average molecular weight is 262 g/mol. The molecule has 4 nitrogen and oxygen atoms in total. The van der Waals surface area contributed by atoms with Crippen molar-refractivity contribution in [3.8, 4) is 0 Å². The Morgan fingerprint density at radius 3 is 2.95 bits per heavy atom. The van der Waals surface area contributed by atoms with Gasteiger partial charge in [0.15, 0.2) is 0 Å². The molecule has 0 aromatic heterocycles. The maximum Gasteiger partial charge on any atom is 0.229 e. The molecule has 19 heavy (non-hydrogen) atoms. The molecule has 2 rings (SSSR count). The van der Waals surface area contributed by atoms with E-state index in [2.05, 4.69) is 0 Å². The van der Waals surface area contributed by atoms with Crippen LogP contribution in [-0.2, 0) is 9.53 Å². The van der Waals surface area contributed by atoms with Crippen molar-refractivity contribution in [2.45, 2.75) is 38.7 Å². The van der Waals surface area contributed by atoms with Crippen LogP contribution in [0.1, 0.15) is 32.6 Å². The summed E-state index contributed by atoms with van der Waals surface area (Å²) in [5, 5.41) is 0. The summed E-state index contributed by atoms with van der Waals surface area (Å²) in [7, 11) is 0. The number of rotatable bonds is 4. The highest BCUT2D eigenvalue weighted by atomic mass is 16.5. The lowest BCUT2D eigenvalue weighted by atomic mass is 10.1. The monoisotopic (exact) mass is 262 g/mol. The summed E-state index contributed by atoms with van der Waals surface area (Å²) in [6.45, 7) is 3.40. The van der Waals surface area contributed by atoms with E-state index >= 15 is 0 Å². The highest BCUT2D eigenvalue weighted by molar-refractivity contribution is 5.94. The average Bonchev–Trinajstić information content (AvgIpc) is 2.41. The number of amides is 1. The Balaban J connectivity index is 2.02. The normalized spacial score (nSPS) is 19.1. The maximum atomic E-state index is 12.4. The summed E-state index contributed by atoms with van der Waals surface area (Å²) < 4.78 is 5.63. The second kappa shape index (κ2) is 6.57. The van der Waals surface area contributed by atoms with Gasteiger partial charge in [-0.05, 0) is 44.4 Å². The number of nitrogens with zero attached hydrogens (tertiary/aromatic N) is 1. The number of nitrogens with two attached hydrogens (primary N) is 1. The lowest BCUT2D eigenvalue weighted by Crippen LogP contribution is -2.34. The molecule has 1 unspecified atom stereocenters. The van der Waals surface area contributed by atoms with E-state index < -0.39 is 0 Å². The Labute approximate surface area is 114 Å². The Bertz CT molecular complexity index is 428. The molecule has 1 saturated heterocycles. The molecule has 0 saturated carbocycles. The zero-order chi connectivity index (χ0) is 13.7. The standard InChI is InChI=1S/C15H22N2O2/c1-2-17(13-7-5-6-12(16)10-13)15(18)11-14-8-3-4-9-19-14/h5-7,10,14H,2-4,8-9,11,16H2,1H3. The van der Waals surface area contributed by atoms with E-state index in [1.165, 1.54) is 0 Å². The topological polar surface area (TPSA) is 55.6 Å². The fourth-order valence-electron chi connectivity index (χ4n) is 2.47. The van der Waals surface area contributed by atoms with E-state index in [1.807, 2.05) is 31.2 Å². The highest BCUT2D eigenvalue weighted by Crippen LogP contribution is 2.21. The van der Waals surface area contributed by atoms with E-state index in [1.54, 1.807) is 4.90 Å². The van der Waals surface area contributed by atoms with Crippen LogP contribution in [0, 0.1) is 0 Å². The third-order valence-electron chi connectivity index (χ3n) is 3.48. The first kappa shape index (κ1) is 13.9. The summed E-state index contributed by atoms with van der Waals surface area (Å²) in [5.74, 6) is 0.111. The van der Waals surface area contributed by atoms with E-state index in [4.69, 9.17) is 10.5 Å². The molecular weight excluding hydrogens is 240 g/mol. The molecule has 1 fully saturated rings. The summed E-state index contributed by atoms with van der Waals surface area (Å²) in [6, 6.07) is 7.45. The molecule has 2 N–H and O–H groups in total. The van der Waals surface area contributed by atoms with Gasteiger partial charge in [-0.1, -0.05) is 6.07 Å². The van der Waals surface area contributed by atoms with Gasteiger partial charge in [0.05, 0.1) is 12.5 Å². The largest absolute Gasteiger partial charge is 0.399 e. The van der Waals surface area contributed by atoms with Crippen LogP contribution in [-0.4, -0.2) is 25.2 Å². The molecule has 4 heteroatoms. The van der Waals surface area contributed by atoms with Crippen molar-refractivity contribution in [1.82, 2.24) is 0 Å². The van der Waals surface area contributed by atoms with Gasteiger partial charge in [-0.25, -0.2) is 0 Å². The number of carbonyl (C=O) groups excluding carboxylic acids is 1. The molecule has 0 bridgehead atoms. The third-order valence-corrected chi connectivity index (χ3v) is 3.48. The molecule has 0 radical (unpaired) electrons. The second-order valence-corrected chi connectivity index (χ2v) is 4.93. The first-order valence-corrected chi connectivity index (χ1v) is 6.98. The number of nitrogen functional groups attached to an aromatic ring is 1.